The van der Waals surface area contributed by atoms with Crippen molar-refractivity contribution in [1.29, 1.82) is 0 Å². The Kier molecular flexibility index (Phi) is 4.86. The van der Waals surface area contributed by atoms with Crippen molar-refractivity contribution >= 4 is 19.0 Å². The zero-order chi connectivity index (χ0) is 14.5. The highest BCUT2D eigenvalue weighted by Crippen LogP contribution is 2.24. The SMILES string of the molecule is O=[N+]([O-])c1cccc(F)c1C=C[C@@H]1CB[C@H](CO)CO1. The highest BCUT2D eigenvalue weighted by Gasteiger charge is 2.21. The van der Waals surface area contributed by atoms with Crippen LogP contribution in [0.5, 0.6) is 0 Å². The summed E-state index contributed by atoms with van der Waals surface area (Å²) in [5.74, 6) is -0.484. The number of benzene rings is 1. The second-order valence-electron chi connectivity index (χ2n) is 4.79. The molecule has 0 unspecified atom stereocenters. The molecule has 1 saturated heterocycles. The van der Waals surface area contributed by atoms with Crippen molar-refractivity contribution in [2.45, 2.75) is 18.2 Å². The van der Waals surface area contributed by atoms with Crippen molar-refractivity contribution in [2.75, 3.05) is 13.2 Å². The number of aliphatic hydroxyl groups excluding tert-OH is 1. The van der Waals surface area contributed by atoms with Crippen molar-refractivity contribution in [3.05, 3.63) is 45.8 Å². The molecule has 1 aromatic carbocycles. The van der Waals surface area contributed by atoms with Crippen LogP contribution in [-0.4, -0.2) is 36.6 Å². The molecule has 2 rings (SSSR count). The number of nitro groups is 1. The first-order chi connectivity index (χ1) is 9.61. The molecule has 0 spiro atoms. The van der Waals surface area contributed by atoms with Gasteiger partial charge in [-0.3, -0.25) is 10.1 Å². The van der Waals surface area contributed by atoms with Crippen molar-refractivity contribution in [3.8, 4) is 0 Å². The molecular weight excluding hydrogens is 264 g/mol. The van der Waals surface area contributed by atoms with E-state index in [1.54, 1.807) is 6.08 Å². The Morgan fingerprint density at radius 1 is 1.60 bits per heavy atom. The van der Waals surface area contributed by atoms with Gasteiger partial charge in [-0.25, -0.2) is 4.39 Å². The van der Waals surface area contributed by atoms with Gasteiger partial charge in [-0.1, -0.05) is 12.1 Å². The molecular formula is C13H15BFNO4. The quantitative estimate of drug-likeness (QED) is 0.518. The Hall–Kier alpha value is -1.73. The molecule has 2 atom stereocenters. The Morgan fingerprint density at radius 2 is 2.40 bits per heavy atom. The van der Waals surface area contributed by atoms with Crippen molar-refractivity contribution < 1.29 is 19.2 Å². The van der Waals surface area contributed by atoms with Crippen LogP contribution in [0.1, 0.15) is 5.56 Å². The van der Waals surface area contributed by atoms with Gasteiger partial charge in [0, 0.05) is 19.3 Å². The second kappa shape index (κ2) is 6.63. The molecule has 0 aromatic heterocycles. The largest absolute Gasteiger partial charge is 0.397 e. The maximum atomic E-state index is 13.7. The van der Waals surface area contributed by atoms with Crippen molar-refractivity contribution in [3.63, 3.8) is 0 Å². The maximum absolute atomic E-state index is 13.7. The van der Waals surface area contributed by atoms with Crippen LogP contribution in [-0.2, 0) is 4.74 Å². The van der Waals surface area contributed by atoms with Gasteiger partial charge in [0.05, 0.1) is 16.6 Å². The van der Waals surface area contributed by atoms with Crippen LogP contribution < -0.4 is 0 Å². The molecule has 1 aromatic rings. The van der Waals surface area contributed by atoms with Crippen molar-refractivity contribution in [1.82, 2.24) is 0 Å². The molecule has 20 heavy (non-hydrogen) atoms. The molecule has 0 amide bonds. The summed E-state index contributed by atoms with van der Waals surface area (Å²) in [6, 6.07) is 3.77. The number of nitro benzene ring substituents is 1. The number of hydrogen-bond acceptors (Lipinski definition) is 4. The van der Waals surface area contributed by atoms with E-state index in [4.69, 9.17) is 9.84 Å². The van der Waals surface area contributed by atoms with Crippen molar-refractivity contribution in [2.24, 2.45) is 0 Å². The highest BCUT2D eigenvalue weighted by molar-refractivity contribution is 6.38. The summed E-state index contributed by atoms with van der Waals surface area (Å²) in [4.78, 5) is 10.2. The smallest absolute Gasteiger partial charge is 0.279 e. The minimum atomic E-state index is -0.625. The highest BCUT2D eigenvalue weighted by atomic mass is 19.1. The zero-order valence-corrected chi connectivity index (χ0v) is 10.9. The van der Waals surface area contributed by atoms with E-state index >= 15 is 0 Å². The van der Waals surface area contributed by atoms with Gasteiger partial charge in [0.15, 0.2) is 0 Å². The third-order valence-corrected chi connectivity index (χ3v) is 3.37. The number of aliphatic hydroxyl groups is 1. The summed E-state index contributed by atoms with van der Waals surface area (Å²) in [5.41, 5.74) is -0.296. The average molecular weight is 279 g/mol. The monoisotopic (exact) mass is 279 g/mol. The fraction of sp³-hybridized carbons (Fsp3) is 0.385. The van der Waals surface area contributed by atoms with Crippen LogP contribution in [0, 0.1) is 15.9 Å². The third kappa shape index (κ3) is 3.43. The fourth-order valence-electron chi connectivity index (χ4n) is 2.18. The van der Waals surface area contributed by atoms with Gasteiger partial charge in [-0.15, -0.1) is 0 Å². The summed E-state index contributed by atoms with van der Waals surface area (Å²) in [7, 11) is 0.824. The Labute approximate surface area is 116 Å². The lowest BCUT2D eigenvalue weighted by Crippen LogP contribution is -2.28. The molecule has 0 saturated carbocycles. The summed E-state index contributed by atoms with van der Waals surface area (Å²) in [6.07, 6.45) is 3.55. The molecule has 1 aliphatic rings. The Bertz CT molecular complexity index is 515. The molecule has 1 N–H and O–H groups in total. The number of nitrogens with zero attached hydrogens (tertiary/aromatic N) is 1. The van der Waals surface area contributed by atoms with Gasteiger partial charge >= 0.3 is 0 Å². The minimum Gasteiger partial charge on any atom is -0.397 e. The van der Waals surface area contributed by atoms with Crippen LogP contribution >= 0.6 is 0 Å². The first-order valence-corrected chi connectivity index (χ1v) is 6.45. The van der Waals surface area contributed by atoms with E-state index < -0.39 is 10.7 Å². The van der Waals surface area contributed by atoms with Crippen LogP contribution in [0.3, 0.4) is 0 Å². The fourth-order valence-corrected chi connectivity index (χ4v) is 2.18. The van der Waals surface area contributed by atoms with Gasteiger partial charge < -0.3 is 9.84 Å². The molecule has 0 radical (unpaired) electrons. The Morgan fingerprint density at radius 3 is 3.00 bits per heavy atom. The molecule has 0 aliphatic carbocycles. The van der Waals surface area contributed by atoms with Gasteiger partial charge in [0.1, 0.15) is 13.1 Å². The zero-order valence-electron chi connectivity index (χ0n) is 10.9. The molecule has 1 aliphatic heterocycles. The normalized spacial score (nSPS) is 22.7. The molecule has 7 heteroatoms. The molecule has 106 valence electrons. The summed E-state index contributed by atoms with van der Waals surface area (Å²) in [6.45, 7) is 0.542. The third-order valence-electron chi connectivity index (χ3n) is 3.37. The number of halogens is 1. The summed E-state index contributed by atoms with van der Waals surface area (Å²) < 4.78 is 19.2. The van der Waals surface area contributed by atoms with E-state index in [-0.39, 0.29) is 29.8 Å². The lowest BCUT2D eigenvalue weighted by molar-refractivity contribution is -0.385. The first-order valence-electron chi connectivity index (χ1n) is 6.45. The molecule has 1 fully saturated rings. The maximum Gasteiger partial charge on any atom is 0.279 e. The number of ether oxygens (including phenoxy) is 1. The van der Waals surface area contributed by atoms with E-state index in [9.17, 15) is 14.5 Å². The molecule has 1 heterocycles. The predicted molar refractivity (Wildman–Crippen MR) is 74.6 cm³/mol. The van der Waals surface area contributed by atoms with Crippen LogP contribution in [0.2, 0.25) is 12.1 Å². The van der Waals surface area contributed by atoms with E-state index in [0.717, 1.165) is 7.28 Å². The predicted octanol–water partition coefficient (Wildman–Crippen LogP) is 1.78. The number of rotatable bonds is 4. The van der Waals surface area contributed by atoms with Gasteiger partial charge in [-0.05, 0) is 24.3 Å². The van der Waals surface area contributed by atoms with E-state index in [1.165, 1.54) is 24.3 Å². The van der Waals surface area contributed by atoms with Crippen LogP contribution in [0.4, 0.5) is 10.1 Å². The standard InChI is InChI=1S/C13H15BFNO4/c15-12-2-1-3-13(16(18)19)11(12)5-4-10-6-14-9(7-17)8-20-10/h1-5,9-10,14,17H,6-8H2/t9-,10-/m1/s1. The van der Waals surface area contributed by atoms with Gasteiger partial charge in [0.2, 0.25) is 0 Å². The lowest BCUT2D eigenvalue weighted by atomic mass is 9.59. The summed E-state index contributed by atoms with van der Waals surface area (Å²) in [5, 5.41) is 19.8. The van der Waals surface area contributed by atoms with Crippen LogP contribution in [0.15, 0.2) is 24.3 Å². The van der Waals surface area contributed by atoms with Gasteiger partial charge in [0.25, 0.3) is 5.69 Å². The topological polar surface area (TPSA) is 72.6 Å². The summed E-state index contributed by atoms with van der Waals surface area (Å²) >= 11 is 0. The molecule has 0 bridgehead atoms. The van der Waals surface area contributed by atoms with Crippen LogP contribution in [0.25, 0.3) is 6.08 Å². The lowest BCUT2D eigenvalue weighted by Gasteiger charge is -2.24. The van der Waals surface area contributed by atoms with E-state index in [1.807, 2.05) is 0 Å². The van der Waals surface area contributed by atoms with Gasteiger partial charge in [-0.2, -0.15) is 0 Å². The second-order valence-corrected chi connectivity index (χ2v) is 4.79. The first kappa shape index (κ1) is 14.7. The molecule has 5 nitrogen and oxygen atoms in total. The number of hydrogen-bond donors (Lipinski definition) is 1. The minimum absolute atomic E-state index is 0.0367. The average Bonchev–Trinajstić information content (AvgIpc) is 2.46. The van der Waals surface area contributed by atoms with E-state index in [2.05, 4.69) is 0 Å². The Balaban J connectivity index is 2.10. The van der Waals surface area contributed by atoms with E-state index in [0.29, 0.717) is 12.9 Å².